The summed E-state index contributed by atoms with van der Waals surface area (Å²) >= 11 is 0. The largest absolute Gasteiger partial charge is 0.393 e. The molecule has 2 aliphatic carbocycles. The van der Waals surface area contributed by atoms with Crippen molar-refractivity contribution in [3.63, 3.8) is 0 Å². The van der Waals surface area contributed by atoms with Crippen molar-refractivity contribution in [2.24, 2.45) is 16.0 Å². The van der Waals surface area contributed by atoms with Gasteiger partial charge < -0.3 is 10.7 Å². The van der Waals surface area contributed by atoms with Gasteiger partial charge in [0, 0.05) is 37.2 Å². The van der Waals surface area contributed by atoms with Crippen LogP contribution in [0.5, 0.6) is 0 Å². The Morgan fingerprint density at radius 3 is 2.78 bits per heavy atom. The van der Waals surface area contributed by atoms with Gasteiger partial charge in [-0.3, -0.25) is 4.99 Å². The summed E-state index contributed by atoms with van der Waals surface area (Å²) in [6.07, 6.45) is 17.0. The zero-order chi connectivity index (χ0) is 26.1. The number of alkyl halides is 2. The predicted octanol–water partition coefficient (Wildman–Crippen LogP) is 7.22. The highest BCUT2D eigenvalue weighted by atomic mass is 19.3. The van der Waals surface area contributed by atoms with Gasteiger partial charge in [0.1, 0.15) is 0 Å². The standard InChI is InChI=1S/C29H37F2N5/c1-5-21-12-14-22(15-13-21)28-20(2)36(24-16-17-25(32)23(18-24)19-33-3)35-26(29(28)34-4)10-8-6-7-9-11-27(30)31/h6,8,14,16-19,21,27,32-33H,2,4-5,7,9-13,15H2,1,3H3/b8-6-,23-19-,32-25?. The summed E-state index contributed by atoms with van der Waals surface area (Å²) in [6.45, 7) is 10.5. The summed E-state index contributed by atoms with van der Waals surface area (Å²) in [7, 11) is 1.80. The summed E-state index contributed by atoms with van der Waals surface area (Å²) in [5.41, 5.74) is 6.36. The molecule has 3 aliphatic rings. The smallest absolute Gasteiger partial charge is 0.238 e. The normalized spacial score (nSPS) is 21.9. The van der Waals surface area contributed by atoms with Crippen molar-refractivity contribution >= 4 is 18.1 Å². The maximum Gasteiger partial charge on any atom is 0.238 e. The van der Waals surface area contributed by atoms with Crippen molar-refractivity contribution in [1.82, 2.24) is 10.3 Å². The molecule has 1 unspecified atom stereocenters. The first kappa shape index (κ1) is 27.2. The van der Waals surface area contributed by atoms with Gasteiger partial charge >= 0.3 is 0 Å². The van der Waals surface area contributed by atoms with E-state index in [4.69, 9.17) is 10.5 Å². The fourth-order valence-corrected chi connectivity index (χ4v) is 4.62. The lowest BCUT2D eigenvalue weighted by Crippen LogP contribution is -2.27. The van der Waals surface area contributed by atoms with Crippen LogP contribution in [-0.4, -0.2) is 36.6 Å². The van der Waals surface area contributed by atoms with E-state index in [9.17, 15) is 8.78 Å². The minimum absolute atomic E-state index is 0.0900. The lowest BCUT2D eigenvalue weighted by Gasteiger charge is -2.34. The maximum atomic E-state index is 12.4. The molecule has 3 rings (SSSR count). The molecule has 0 aromatic rings. The Morgan fingerprint density at radius 2 is 2.14 bits per heavy atom. The SMILES string of the molecule is C=NC1=C(C2=CCC(CC)CC2)C(=C)N(C2=C/C(=C/NC)C(=N)C=C2)N=C1C/C=C\CCCC(F)F. The summed E-state index contributed by atoms with van der Waals surface area (Å²) < 4.78 is 24.9. The molecule has 0 spiro atoms. The highest BCUT2D eigenvalue weighted by Crippen LogP contribution is 2.40. The van der Waals surface area contributed by atoms with E-state index < -0.39 is 6.43 Å². The molecule has 0 aromatic heterocycles. The third-order valence-corrected chi connectivity index (χ3v) is 6.70. The van der Waals surface area contributed by atoms with Crippen molar-refractivity contribution < 1.29 is 8.78 Å². The molecule has 0 fully saturated rings. The number of hydrogen-bond acceptors (Lipinski definition) is 5. The molecule has 5 nitrogen and oxygen atoms in total. The van der Waals surface area contributed by atoms with Crippen LogP contribution in [0.25, 0.3) is 0 Å². The number of allylic oxidation sites excluding steroid dienone is 9. The summed E-state index contributed by atoms with van der Waals surface area (Å²) in [5, 5.41) is 17.9. The second-order valence-electron chi connectivity index (χ2n) is 9.17. The van der Waals surface area contributed by atoms with E-state index in [2.05, 4.69) is 36.6 Å². The Balaban J connectivity index is 1.97. The number of halogens is 2. The molecule has 1 heterocycles. The molecule has 36 heavy (non-hydrogen) atoms. The molecule has 0 saturated heterocycles. The number of aliphatic imine (C=N–C) groups is 1. The number of rotatable bonds is 11. The first-order chi connectivity index (χ1) is 17.4. The topological polar surface area (TPSA) is 63.8 Å². The Labute approximate surface area is 213 Å². The zero-order valence-corrected chi connectivity index (χ0v) is 21.4. The minimum atomic E-state index is -2.26. The quantitative estimate of drug-likeness (QED) is 0.181. The van der Waals surface area contributed by atoms with Crippen molar-refractivity contribution in [1.29, 1.82) is 5.41 Å². The van der Waals surface area contributed by atoms with Gasteiger partial charge in [-0.05, 0) is 68.5 Å². The van der Waals surface area contributed by atoms with E-state index in [-0.39, 0.29) is 6.42 Å². The summed E-state index contributed by atoms with van der Waals surface area (Å²) in [5.74, 6) is 0.691. The van der Waals surface area contributed by atoms with Crippen LogP contribution in [0.3, 0.4) is 0 Å². The van der Waals surface area contributed by atoms with Crippen LogP contribution in [0, 0.1) is 11.3 Å². The fraction of sp³-hybridized carbons (Fsp3) is 0.414. The van der Waals surface area contributed by atoms with Crippen LogP contribution in [0.4, 0.5) is 8.78 Å². The average molecular weight is 494 g/mol. The van der Waals surface area contributed by atoms with Crippen molar-refractivity contribution in [3.05, 3.63) is 83.0 Å². The van der Waals surface area contributed by atoms with Crippen LogP contribution in [0.1, 0.15) is 58.3 Å². The van der Waals surface area contributed by atoms with Crippen LogP contribution in [-0.2, 0) is 0 Å². The van der Waals surface area contributed by atoms with E-state index >= 15 is 0 Å². The van der Waals surface area contributed by atoms with Crippen LogP contribution >= 0.6 is 0 Å². The van der Waals surface area contributed by atoms with Gasteiger partial charge in [0.25, 0.3) is 0 Å². The second-order valence-corrected chi connectivity index (χ2v) is 9.17. The minimum Gasteiger partial charge on any atom is -0.393 e. The number of unbranched alkanes of at least 4 members (excludes halogenated alkanes) is 1. The number of nitrogens with one attached hydrogen (secondary N) is 2. The summed E-state index contributed by atoms with van der Waals surface area (Å²) in [6, 6.07) is 0. The van der Waals surface area contributed by atoms with Crippen molar-refractivity contribution in [3.8, 4) is 0 Å². The highest BCUT2D eigenvalue weighted by molar-refractivity contribution is 6.10. The Hall–Kier alpha value is -3.35. The van der Waals surface area contributed by atoms with Gasteiger partial charge in [0.2, 0.25) is 6.43 Å². The van der Waals surface area contributed by atoms with Gasteiger partial charge in [-0.1, -0.05) is 38.2 Å². The summed E-state index contributed by atoms with van der Waals surface area (Å²) in [4.78, 5) is 4.39. The number of hydrogen-bond donors (Lipinski definition) is 2. The molecule has 1 atom stereocenters. The van der Waals surface area contributed by atoms with E-state index in [1.807, 2.05) is 29.3 Å². The molecule has 0 aromatic carbocycles. The number of hydrazone groups is 1. The van der Waals surface area contributed by atoms with Crippen LogP contribution in [0.2, 0.25) is 0 Å². The predicted molar refractivity (Wildman–Crippen MR) is 146 cm³/mol. The fourth-order valence-electron chi connectivity index (χ4n) is 4.62. The number of nitrogens with zero attached hydrogens (tertiary/aromatic N) is 3. The second kappa shape index (κ2) is 13.1. The Kier molecular flexibility index (Phi) is 9.91. The van der Waals surface area contributed by atoms with E-state index in [0.29, 0.717) is 30.9 Å². The van der Waals surface area contributed by atoms with Gasteiger partial charge in [0.15, 0.2) is 0 Å². The van der Waals surface area contributed by atoms with E-state index in [1.165, 1.54) is 5.57 Å². The molecule has 2 N–H and O–H groups in total. The first-order valence-corrected chi connectivity index (χ1v) is 12.7. The van der Waals surface area contributed by atoms with Gasteiger partial charge in [-0.25, -0.2) is 13.8 Å². The van der Waals surface area contributed by atoms with Gasteiger partial charge in [0.05, 0.1) is 28.5 Å². The highest BCUT2D eigenvalue weighted by Gasteiger charge is 2.30. The van der Waals surface area contributed by atoms with Gasteiger partial charge in [-0.15, -0.1) is 0 Å². The lowest BCUT2D eigenvalue weighted by atomic mass is 9.83. The third-order valence-electron chi connectivity index (χ3n) is 6.70. The molecule has 1 aliphatic heterocycles. The average Bonchev–Trinajstić information content (AvgIpc) is 2.87. The molecule has 0 bridgehead atoms. The van der Waals surface area contributed by atoms with Crippen molar-refractivity contribution in [2.75, 3.05) is 7.05 Å². The van der Waals surface area contributed by atoms with E-state index in [0.717, 1.165) is 59.6 Å². The van der Waals surface area contributed by atoms with Crippen LogP contribution < -0.4 is 5.32 Å². The molecular formula is C29H37F2N5. The Bertz CT molecular complexity index is 1080. The monoisotopic (exact) mass is 493 g/mol. The van der Waals surface area contributed by atoms with Gasteiger partial charge in [-0.2, -0.15) is 5.10 Å². The molecular weight excluding hydrogens is 456 g/mol. The Morgan fingerprint density at radius 1 is 1.33 bits per heavy atom. The lowest BCUT2D eigenvalue weighted by molar-refractivity contribution is 0.135. The molecule has 0 saturated carbocycles. The first-order valence-electron chi connectivity index (χ1n) is 12.7. The van der Waals surface area contributed by atoms with Crippen LogP contribution in [0.15, 0.2) is 93.1 Å². The zero-order valence-electron chi connectivity index (χ0n) is 21.4. The molecule has 0 amide bonds. The molecule has 0 radical (unpaired) electrons. The molecule has 192 valence electrons. The van der Waals surface area contributed by atoms with E-state index in [1.54, 1.807) is 19.3 Å². The third kappa shape index (κ3) is 6.65. The van der Waals surface area contributed by atoms with Crippen molar-refractivity contribution in [2.45, 2.75) is 64.7 Å². The molecule has 7 heteroatoms. The maximum absolute atomic E-state index is 12.4.